The summed E-state index contributed by atoms with van der Waals surface area (Å²) < 4.78 is 46.9. The van der Waals surface area contributed by atoms with Crippen LogP contribution in [0.4, 0.5) is 5.69 Å². The standard InChI is InChI=1S/C19H18ClNO7S/c20-13-10-17-18(28-7-6-27-17)11-14(13)21-19(22)3-8-29(23,24)12-1-2-15-16(9-12)26-5-4-25-15/h1-2,9-11H,3-8H2,(H,21,22). The molecule has 0 bridgehead atoms. The van der Waals surface area contributed by atoms with Crippen LogP contribution in [0.15, 0.2) is 35.2 Å². The number of carbonyl (C=O) groups is 1. The Kier molecular flexibility index (Phi) is 5.42. The van der Waals surface area contributed by atoms with Gasteiger partial charge in [-0.15, -0.1) is 0 Å². The predicted molar refractivity (Wildman–Crippen MR) is 105 cm³/mol. The Balaban J connectivity index is 1.41. The Morgan fingerprint density at radius 1 is 0.897 bits per heavy atom. The van der Waals surface area contributed by atoms with Crippen molar-refractivity contribution < 1.29 is 32.2 Å². The summed E-state index contributed by atoms with van der Waals surface area (Å²) in [4.78, 5) is 12.4. The minimum Gasteiger partial charge on any atom is -0.486 e. The molecule has 4 rings (SSSR count). The van der Waals surface area contributed by atoms with Crippen molar-refractivity contribution in [2.45, 2.75) is 11.3 Å². The Hall–Kier alpha value is -2.65. The molecule has 154 valence electrons. The third-order valence-electron chi connectivity index (χ3n) is 4.38. The Labute approximate surface area is 172 Å². The lowest BCUT2D eigenvalue weighted by atomic mass is 10.2. The van der Waals surface area contributed by atoms with Gasteiger partial charge in [-0.05, 0) is 12.1 Å². The van der Waals surface area contributed by atoms with Crippen molar-refractivity contribution in [1.29, 1.82) is 0 Å². The summed E-state index contributed by atoms with van der Waals surface area (Å²) in [7, 11) is -3.68. The van der Waals surface area contributed by atoms with Crippen LogP contribution in [0.25, 0.3) is 0 Å². The van der Waals surface area contributed by atoms with Gasteiger partial charge < -0.3 is 24.3 Å². The van der Waals surface area contributed by atoms with Crippen molar-refractivity contribution in [2.75, 3.05) is 37.5 Å². The van der Waals surface area contributed by atoms with E-state index in [2.05, 4.69) is 5.32 Å². The molecule has 8 nitrogen and oxygen atoms in total. The maximum atomic E-state index is 12.6. The first-order valence-electron chi connectivity index (χ1n) is 8.94. The minimum absolute atomic E-state index is 0.0758. The molecule has 29 heavy (non-hydrogen) atoms. The Morgan fingerprint density at radius 2 is 1.48 bits per heavy atom. The van der Waals surface area contributed by atoms with Crippen molar-refractivity contribution in [3.63, 3.8) is 0 Å². The van der Waals surface area contributed by atoms with Gasteiger partial charge in [0, 0.05) is 24.6 Å². The second-order valence-electron chi connectivity index (χ2n) is 6.40. The van der Waals surface area contributed by atoms with Crippen LogP contribution in [0.5, 0.6) is 23.0 Å². The molecule has 0 aliphatic carbocycles. The molecule has 0 spiro atoms. The van der Waals surface area contributed by atoms with Crippen LogP contribution in [0.1, 0.15) is 6.42 Å². The summed E-state index contributed by atoms with van der Waals surface area (Å²) in [5, 5.41) is 2.89. The summed E-state index contributed by atoms with van der Waals surface area (Å²) in [6.45, 7) is 1.60. The fraction of sp³-hybridized carbons (Fsp3) is 0.316. The first-order chi connectivity index (χ1) is 13.9. The van der Waals surface area contributed by atoms with Gasteiger partial charge in [-0.3, -0.25) is 4.79 Å². The van der Waals surface area contributed by atoms with Crippen LogP contribution in [-0.4, -0.2) is 46.5 Å². The summed E-state index contributed by atoms with van der Waals surface area (Å²) in [6, 6.07) is 7.52. The largest absolute Gasteiger partial charge is 0.486 e. The molecule has 1 N–H and O–H groups in total. The first-order valence-corrected chi connectivity index (χ1v) is 11.0. The molecule has 2 aromatic rings. The van der Waals surface area contributed by atoms with Gasteiger partial charge in [-0.25, -0.2) is 8.42 Å². The number of ether oxygens (including phenoxy) is 4. The van der Waals surface area contributed by atoms with E-state index in [1.54, 1.807) is 18.2 Å². The molecule has 2 aromatic carbocycles. The fourth-order valence-electron chi connectivity index (χ4n) is 2.93. The van der Waals surface area contributed by atoms with Crippen LogP contribution in [0.3, 0.4) is 0 Å². The van der Waals surface area contributed by atoms with E-state index in [9.17, 15) is 13.2 Å². The van der Waals surface area contributed by atoms with Crippen molar-refractivity contribution in [3.05, 3.63) is 35.4 Å². The second-order valence-corrected chi connectivity index (χ2v) is 8.91. The maximum absolute atomic E-state index is 12.6. The molecule has 0 fully saturated rings. The van der Waals surface area contributed by atoms with Gasteiger partial charge in [-0.2, -0.15) is 0 Å². The number of hydrogen-bond acceptors (Lipinski definition) is 7. The van der Waals surface area contributed by atoms with E-state index >= 15 is 0 Å². The number of amides is 1. The van der Waals surface area contributed by atoms with E-state index in [4.69, 9.17) is 30.5 Å². The van der Waals surface area contributed by atoms with Crippen molar-refractivity contribution in [1.82, 2.24) is 0 Å². The average Bonchev–Trinajstić information content (AvgIpc) is 2.72. The zero-order valence-electron chi connectivity index (χ0n) is 15.3. The average molecular weight is 440 g/mol. The molecule has 0 atom stereocenters. The third-order valence-corrected chi connectivity index (χ3v) is 6.40. The molecule has 0 unspecified atom stereocenters. The van der Waals surface area contributed by atoms with Gasteiger partial charge in [0.1, 0.15) is 26.4 Å². The van der Waals surface area contributed by atoms with E-state index in [0.29, 0.717) is 55.1 Å². The molecule has 0 aromatic heterocycles. The molecular formula is C19H18ClNO7S. The van der Waals surface area contributed by atoms with E-state index in [0.717, 1.165) is 0 Å². The van der Waals surface area contributed by atoms with E-state index < -0.39 is 15.7 Å². The number of sulfone groups is 1. The summed E-state index contributed by atoms with van der Waals surface area (Å²) in [5.41, 5.74) is 0.331. The first kappa shape index (κ1) is 19.7. The molecule has 10 heteroatoms. The highest BCUT2D eigenvalue weighted by Crippen LogP contribution is 2.38. The van der Waals surface area contributed by atoms with Gasteiger partial charge in [0.05, 0.1) is 21.4 Å². The third kappa shape index (κ3) is 4.35. The topological polar surface area (TPSA) is 100 Å². The number of carbonyl (C=O) groups excluding carboxylic acids is 1. The van der Waals surface area contributed by atoms with Crippen molar-refractivity contribution in [3.8, 4) is 23.0 Å². The van der Waals surface area contributed by atoms with Crippen LogP contribution in [0, 0.1) is 0 Å². The lowest BCUT2D eigenvalue weighted by molar-refractivity contribution is -0.115. The van der Waals surface area contributed by atoms with Crippen LogP contribution < -0.4 is 24.3 Å². The lowest BCUT2D eigenvalue weighted by Gasteiger charge is -2.20. The number of halogens is 1. The van der Waals surface area contributed by atoms with Gasteiger partial charge in [0.2, 0.25) is 5.91 Å². The van der Waals surface area contributed by atoms with E-state index in [1.165, 1.54) is 12.1 Å². The van der Waals surface area contributed by atoms with Crippen molar-refractivity contribution in [2.24, 2.45) is 0 Å². The van der Waals surface area contributed by atoms with Crippen LogP contribution in [-0.2, 0) is 14.6 Å². The number of hydrogen-bond donors (Lipinski definition) is 1. The molecule has 0 saturated carbocycles. The Morgan fingerprint density at radius 3 is 2.17 bits per heavy atom. The van der Waals surface area contributed by atoms with Crippen LogP contribution in [0.2, 0.25) is 5.02 Å². The van der Waals surface area contributed by atoms with Gasteiger partial charge in [0.15, 0.2) is 32.8 Å². The highest BCUT2D eigenvalue weighted by Gasteiger charge is 2.22. The highest BCUT2D eigenvalue weighted by molar-refractivity contribution is 7.91. The fourth-order valence-corrected chi connectivity index (χ4v) is 4.39. The number of benzene rings is 2. The van der Waals surface area contributed by atoms with Gasteiger partial charge in [0.25, 0.3) is 0 Å². The summed E-state index contributed by atoms with van der Waals surface area (Å²) in [6.07, 6.45) is -0.235. The zero-order chi connectivity index (χ0) is 20.4. The van der Waals surface area contributed by atoms with Crippen LogP contribution >= 0.6 is 11.6 Å². The molecular weight excluding hydrogens is 422 g/mol. The number of rotatable bonds is 5. The lowest BCUT2D eigenvalue weighted by Crippen LogP contribution is -2.19. The van der Waals surface area contributed by atoms with Gasteiger partial charge >= 0.3 is 0 Å². The quantitative estimate of drug-likeness (QED) is 0.764. The number of anilines is 1. The maximum Gasteiger partial charge on any atom is 0.225 e. The molecule has 0 radical (unpaired) electrons. The van der Waals surface area contributed by atoms with E-state index in [1.807, 2.05) is 0 Å². The summed E-state index contributed by atoms with van der Waals surface area (Å²) >= 11 is 6.16. The SMILES string of the molecule is O=C(CCS(=O)(=O)c1ccc2c(c1)OCCO2)Nc1cc2c(cc1Cl)OCCO2. The minimum atomic E-state index is -3.68. The van der Waals surface area contributed by atoms with Crippen molar-refractivity contribution >= 4 is 33.0 Å². The second kappa shape index (κ2) is 8.00. The molecule has 1 amide bonds. The molecule has 2 heterocycles. The number of fused-ring (bicyclic) bond motifs is 2. The molecule has 2 aliphatic heterocycles. The monoisotopic (exact) mass is 439 g/mol. The summed E-state index contributed by atoms with van der Waals surface area (Å²) in [5.74, 6) is 1.01. The molecule has 2 aliphatic rings. The normalized spacial score (nSPS) is 14.9. The highest BCUT2D eigenvalue weighted by atomic mass is 35.5. The predicted octanol–water partition coefficient (Wildman–Crippen LogP) is 2.68. The molecule has 0 saturated heterocycles. The van der Waals surface area contributed by atoms with E-state index in [-0.39, 0.29) is 22.1 Å². The van der Waals surface area contributed by atoms with Gasteiger partial charge in [-0.1, -0.05) is 11.6 Å². The Bertz CT molecular complexity index is 1050. The number of nitrogens with one attached hydrogen (secondary N) is 1. The smallest absolute Gasteiger partial charge is 0.225 e. The zero-order valence-corrected chi connectivity index (χ0v) is 16.8.